The zero-order chi connectivity index (χ0) is 14.7. The molecule has 20 heavy (non-hydrogen) atoms. The van der Waals surface area contributed by atoms with Crippen molar-refractivity contribution in [2.45, 2.75) is 19.4 Å². The molecule has 1 amide bonds. The van der Waals surface area contributed by atoms with Crippen molar-refractivity contribution in [2.24, 2.45) is 11.8 Å². The van der Waals surface area contributed by atoms with Gasteiger partial charge in [0.1, 0.15) is 11.7 Å². The molecule has 2 rings (SSSR count). The number of carbonyl (C=O) groups is 1. The minimum atomic E-state index is -0.684. The number of β-lactam (4-membered cyclic amide) rings is 1. The highest BCUT2D eigenvalue weighted by atomic mass is 16.5. The van der Waals surface area contributed by atoms with Crippen LogP contribution in [-0.4, -0.2) is 19.1 Å². The number of amides is 1. The maximum absolute atomic E-state index is 12.0. The number of carbonyl (C=O) groups excluding carboxylic acids is 1. The van der Waals surface area contributed by atoms with E-state index in [2.05, 4.69) is 0 Å². The lowest BCUT2D eigenvalue weighted by Crippen LogP contribution is -2.60. The Balaban J connectivity index is 2.18. The van der Waals surface area contributed by atoms with E-state index >= 15 is 0 Å². The second-order valence-electron chi connectivity index (χ2n) is 4.81. The van der Waals surface area contributed by atoms with Gasteiger partial charge in [0, 0.05) is 5.69 Å². The Morgan fingerprint density at radius 1 is 1.30 bits per heavy atom. The third-order valence-corrected chi connectivity index (χ3v) is 3.68. The third kappa shape index (κ3) is 2.31. The van der Waals surface area contributed by atoms with Crippen LogP contribution in [0.3, 0.4) is 0 Å². The first-order valence-electron chi connectivity index (χ1n) is 6.38. The molecule has 2 atom stereocenters. The number of rotatable bonds is 4. The number of benzene rings is 1. The van der Waals surface area contributed by atoms with E-state index < -0.39 is 5.92 Å². The molecule has 1 aliphatic heterocycles. The predicted molar refractivity (Wildman–Crippen MR) is 72.8 cm³/mol. The number of hydrogen-bond donors (Lipinski definition) is 0. The summed E-state index contributed by atoms with van der Waals surface area (Å²) in [6.07, 6.45) is 0.381. The summed E-state index contributed by atoms with van der Waals surface area (Å²) in [4.78, 5) is 13.7. The van der Waals surface area contributed by atoms with Gasteiger partial charge in [-0.15, -0.1) is 0 Å². The van der Waals surface area contributed by atoms with Gasteiger partial charge in [-0.05, 0) is 30.7 Å². The molecule has 1 heterocycles. The number of anilines is 1. The molecule has 0 N–H and O–H groups in total. The fourth-order valence-electron chi connectivity index (χ4n) is 2.44. The topological polar surface area (TPSA) is 77.1 Å². The molecule has 1 aliphatic rings. The Bertz CT molecular complexity index is 569. The fourth-order valence-corrected chi connectivity index (χ4v) is 2.44. The lowest BCUT2D eigenvalue weighted by Gasteiger charge is -2.46. The van der Waals surface area contributed by atoms with Crippen molar-refractivity contribution in [1.29, 1.82) is 10.5 Å². The molecular weight excluding hydrogens is 254 g/mol. The van der Waals surface area contributed by atoms with Crippen LogP contribution in [0.4, 0.5) is 5.69 Å². The molecule has 1 fully saturated rings. The van der Waals surface area contributed by atoms with Gasteiger partial charge in [0.15, 0.2) is 0 Å². The van der Waals surface area contributed by atoms with E-state index in [9.17, 15) is 4.79 Å². The average Bonchev–Trinajstić information content (AvgIpc) is 2.51. The minimum Gasteiger partial charge on any atom is -0.497 e. The van der Waals surface area contributed by atoms with Gasteiger partial charge in [-0.1, -0.05) is 6.92 Å². The monoisotopic (exact) mass is 269 g/mol. The molecule has 0 bridgehead atoms. The molecule has 0 aromatic heterocycles. The van der Waals surface area contributed by atoms with Gasteiger partial charge in [-0.2, -0.15) is 10.5 Å². The van der Waals surface area contributed by atoms with Crippen LogP contribution in [0.5, 0.6) is 5.75 Å². The molecule has 1 aromatic carbocycles. The van der Waals surface area contributed by atoms with Crippen molar-refractivity contribution in [3.63, 3.8) is 0 Å². The molecule has 0 spiro atoms. The van der Waals surface area contributed by atoms with E-state index in [1.807, 2.05) is 31.2 Å². The van der Waals surface area contributed by atoms with Gasteiger partial charge >= 0.3 is 0 Å². The maximum atomic E-state index is 12.0. The standard InChI is InChI=1S/C15H15N3O2/c1-10-14(7-11(8-16)9-17)18(15(10)19)12-3-5-13(20-2)6-4-12/h3-6,10-11,14H,7H2,1-2H3/t10-,14+/m0/s1. The lowest BCUT2D eigenvalue weighted by molar-refractivity contribution is -0.129. The zero-order valence-corrected chi connectivity index (χ0v) is 11.4. The molecular formula is C15H15N3O2. The van der Waals surface area contributed by atoms with E-state index in [1.165, 1.54) is 0 Å². The smallest absolute Gasteiger partial charge is 0.232 e. The second-order valence-corrected chi connectivity index (χ2v) is 4.81. The summed E-state index contributed by atoms with van der Waals surface area (Å²) < 4.78 is 5.09. The van der Waals surface area contributed by atoms with Gasteiger partial charge in [-0.3, -0.25) is 4.79 Å². The van der Waals surface area contributed by atoms with E-state index in [1.54, 1.807) is 24.1 Å². The van der Waals surface area contributed by atoms with Crippen LogP contribution < -0.4 is 9.64 Å². The minimum absolute atomic E-state index is 0.0230. The number of methoxy groups -OCH3 is 1. The molecule has 0 radical (unpaired) electrons. The van der Waals surface area contributed by atoms with E-state index in [4.69, 9.17) is 15.3 Å². The summed E-state index contributed by atoms with van der Waals surface area (Å²) in [7, 11) is 1.58. The molecule has 0 saturated carbocycles. The van der Waals surface area contributed by atoms with Crippen molar-refractivity contribution in [2.75, 3.05) is 12.0 Å². The number of nitriles is 2. The Kier molecular flexibility index (Phi) is 3.91. The van der Waals surface area contributed by atoms with E-state index in [0.717, 1.165) is 11.4 Å². The summed E-state index contributed by atoms with van der Waals surface area (Å²) in [5.41, 5.74) is 0.772. The molecule has 0 aliphatic carbocycles. The van der Waals surface area contributed by atoms with Crippen LogP contribution in [0.25, 0.3) is 0 Å². The Labute approximate surface area is 118 Å². The predicted octanol–water partition coefficient (Wildman–Crippen LogP) is 2.10. The SMILES string of the molecule is COc1ccc(N2C(=O)[C@@H](C)[C@H]2CC(C#N)C#N)cc1. The summed E-state index contributed by atoms with van der Waals surface area (Å²) in [6.45, 7) is 1.83. The average molecular weight is 269 g/mol. The third-order valence-electron chi connectivity index (χ3n) is 3.68. The molecule has 102 valence electrons. The summed E-state index contributed by atoms with van der Waals surface area (Å²) in [5.74, 6) is -0.0920. The summed E-state index contributed by atoms with van der Waals surface area (Å²) in [6, 6.07) is 11.0. The van der Waals surface area contributed by atoms with Crippen LogP contribution in [-0.2, 0) is 4.79 Å². The van der Waals surface area contributed by atoms with Crippen molar-refractivity contribution >= 4 is 11.6 Å². The number of hydrogen-bond acceptors (Lipinski definition) is 4. The quantitative estimate of drug-likeness (QED) is 0.784. The molecule has 1 aromatic rings. The zero-order valence-electron chi connectivity index (χ0n) is 11.4. The molecule has 5 nitrogen and oxygen atoms in total. The molecule has 5 heteroatoms. The number of ether oxygens (including phenoxy) is 1. The summed E-state index contributed by atoms with van der Waals surface area (Å²) >= 11 is 0. The Morgan fingerprint density at radius 3 is 2.40 bits per heavy atom. The van der Waals surface area contributed by atoms with Gasteiger partial charge in [0.05, 0.1) is 31.2 Å². The first-order chi connectivity index (χ1) is 9.62. The summed E-state index contributed by atoms with van der Waals surface area (Å²) in [5, 5.41) is 17.8. The largest absolute Gasteiger partial charge is 0.497 e. The van der Waals surface area contributed by atoms with Gasteiger partial charge in [0.25, 0.3) is 0 Å². The van der Waals surface area contributed by atoms with Gasteiger partial charge < -0.3 is 9.64 Å². The highest BCUT2D eigenvalue weighted by Gasteiger charge is 2.45. The van der Waals surface area contributed by atoms with E-state index in [-0.39, 0.29) is 17.9 Å². The Morgan fingerprint density at radius 2 is 1.90 bits per heavy atom. The van der Waals surface area contributed by atoms with Crippen LogP contribution in [0, 0.1) is 34.5 Å². The van der Waals surface area contributed by atoms with Crippen molar-refractivity contribution in [1.82, 2.24) is 0 Å². The fraction of sp³-hybridized carbons (Fsp3) is 0.400. The maximum Gasteiger partial charge on any atom is 0.232 e. The van der Waals surface area contributed by atoms with Gasteiger partial charge in [0.2, 0.25) is 5.91 Å². The van der Waals surface area contributed by atoms with Crippen molar-refractivity contribution in [3.8, 4) is 17.9 Å². The van der Waals surface area contributed by atoms with Crippen LogP contribution in [0.15, 0.2) is 24.3 Å². The molecule has 1 saturated heterocycles. The second kappa shape index (κ2) is 5.63. The van der Waals surface area contributed by atoms with Crippen LogP contribution >= 0.6 is 0 Å². The van der Waals surface area contributed by atoms with Gasteiger partial charge in [-0.25, -0.2) is 0 Å². The van der Waals surface area contributed by atoms with E-state index in [0.29, 0.717) is 6.42 Å². The molecule has 0 unspecified atom stereocenters. The highest BCUT2D eigenvalue weighted by molar-refractivity contribution is 6.02. The number of nitrogens with zero attached hydrogens (tertiary/aromatic N) is 3. The van der Waals surface area contributed by atoms with Crippen molar-refractivity contribution < 1.29 is 9.53 Å². The first kappa shape index (κ1) is 13.9. The van der Waals surface area contributed by atoms with Crippen LogP contribution in [0.1, 0.15) is 13.3 Å². The highest BCUT2D eigenvalue weighted by Crippen LogP contribution is 2.36. The normalized spacial score (nSPS) is 21.1. The first-order valence-corrected chi connectivity index (χ1v) is 6.38. The lowest BCUT2D eigenvalue weighted by atomic mass is 9.82. The Hall–Kier alpha value is -2.53. The van der Waals surface area contributed by atoms with Crippen LogP contribution in [0.2, 0.25) is 0 Å². The van der Waals surface area contributed by atoms with Crippen molar-refractivity contribution in [3.05, 3.63) is 24.3 Å².